The normalized spacial score (nSPS) is 11.0. The number of hydrogen-bond acceptors (Lipinski definition) is 4. The molecule has 0 aliphatic rings. The number of aromatic nitrogens is 4. The van der Waals surface area contributed by atoms with Crippen molar-refractivity contribution in [2.75, 3.05) is 0 Å². The Morgan fingerprint density at radius 1 is 1.14 bits per heavy atom. The van der Waals surface area contributed by atoms with Gasteiger partial charge in [0.05, 0.1) is 0 Å². The fraction of sp³-hybridized carbons (Fsp3) is 0.143. The molecule has 106 valence electrons. The zero-order chi connectivity index (χ0) is 15.1. The average molecular weight is 303 g/mol. The quantitative estimate of drug-likeness (QED) is 0.741. The highest BCUT2D eigenvalue weighted by Crippen LogP contribution is 2.25. The van der Waals surface area contributed by atoms with Gasteiger partial charge in [0.25, 0.3) is 5.56 Å². The Morgan fingerprint density at radius 2 is 1.81 bits per heavy atom. The maximum absolute atomic E-state index is 11.9. The molecule has 0 aliphatic carbocycles. The number of nitrogens with one attached hydrogen (secondary N) is 1. The monoisotopic (exact) mass is 302 g/mol. The molecule has 2 heterocycles. The van der Waals surface area contributed by atoms with Crippen LogP contribution < -0.4 is 11.2 Å². The molecule has 3 aromatic rings. The lowest BCUT2D eigenvalue weighted by atomic mass is 10.1. The van der Waals surface area contributed by atoms with E-state index >= 15 is 0 Å². The molecule has 0 aliphatic heterocycles. The van der Waals surface area contributed by atoms with E-state index in [0.29, 0.717) is 5.69 Å². The lowest BCUT2D eigenvalue weighted by Crippen LogP contribution is -2.29. The molecule has 0 saturated carbocycles. The van der Waals surface area contributed by atoms with E-state index in [1.54, 1.807) is 0 Å². The van der Waals surface area contributed by atoms with Gasteiger partial charge in [-0.25, -0.2) is 14.8 Å². The van der Waals surface area contributed by atoms with Gasteiger partial charge in [0, 0.05) is 12.6 Å². The molecule has 0 bridgehead atoms. The summed E-state index contributed by atoms with van der Waals surface area (Å²) in [5.41, 5.74) is 1.37. The van der Waals surface area contributed by atoms with Crippen molar-refractivity contribution in [1.82, 2.24) is 19.5 Å². The number of nitrogens with zero attached hydrogens (tertiary/aromatic N) is 3. The molecule has 7 heteroatoms. The number of halogens is 1. The second kappa shape index (κ2) is 4.82. The highest BCUT2D eigenvalue weighted by molar-refractivity contribution is 6.32. The number of rotatable bonds is 1. The van der Waals surface area contributed by atoms with Gasteiger partial charge in [-0.15, -0.1) is 0 Å². The molecule has 1 aromatic carbocycles. The van der Waals surface area contributed by atoms with Crippen LogP contribution in [0.4, 0.5) is 0 Å². The van der Waals surface area contributed by atoms with Gasteiger partial charge in [-0.3, -0.25) is 14.3 Å². The first-order valence-corrected chi connectivity index (χ1v) is 6.59. The number of benzene rings is 1. The number of H-pyrrole nitrogens is 1. The van der Waals surface area contributed by atoms with E-state index in [4.69, 9.17) is 11.6 Å². The summed E-state index contributed by atoms with van der Waals surface area (Å²) in [5, 5.41) is 0.145. The second-order valence-corrected chi connectivity index (χ2v) is 5.08. The predicted octanol–water partition coefficient (Wildman–Crippen LogP) is 1.65. The molecule has 21 heavy (non-hydrogen) atoms. The van der Waals surface area contributed by atoms with E-state index < -0.39 is 11.2 Å². The largest absolute Gasteiger partial charge is 0.329 e. The molecule has 1 N–H and O–H groups in total. The van der Waals surface area contributed by atoms with Crippen LogP contribution in [0.3, 0.4) is 0 Å². The van der Waals surface area contributed by atoms with Gasteiger partial charge in [-0.2, -0.15) is 0 Å². The Balaban J connectivity index is 2.36. The van der Waals surface area contributed by atoms with Gasteiger partial charge in [-0.1, -0.05) is 41.4 Å². The molecule has 3 rings (SSSR count). The Morgan fingerprint density at radius 3 is 2.48 bits per heavy atom. The van der Waals surface area contributed by atoms with Crippen LogP contribution in [0.5, 0.6) is 0 Å². The van der Waals surface area contributed by atoms with Crippen molar-refractivity contribution in [3.8, 4) is 11.3 Å². The smallest absolute Gasteiger partial charge is 0.279 e. The van der Waals surface area contributed by atoms with Crippen molar-refractivity contribution in [1.29, 1.82) is 0 Å². The van der Waals surface area contributed by atoms with Crippen molar-refractivity contribution in [3.63, 3.8) is 0 Å². The van der Waals surface area contributed by atoms with E-state index in [-0.39, 0.29) is 16.3 Å². The van der Waals surface area contributed by atoms with Crippen LogP contribution in [-0.2, 0) is 7.05 Å². The molecule has 0 radical (unpaired) electrons. The summed E-state index contributed by atoms with van der Waals surface area (Å²) in [5.74, 6) is 0. The molecule has 0 atom stereocenters. The first-order chi connectivity index (χ1) is 9.97. The highest BCUT2D eigenvalue weighted by Gasteiger charge is 2.14. The fourth-order valence-corrected chi connectivity index (χ4v) is 2.26. The first kappa shape index (κ1) is 13.5. The van der Waals surface area contributed by atoms with E-state index in [1.165, 1.54) is 11.6 Å². The molecule has 0 unspecified atom stereocenters. The Labute approximate surface area is 124 Å². The van der Waals surface area contributed by atoms with Crippen molar-refractivity contribution >= 4 is 22.8 Å². The third-order valence-corrected chi connectivity index (χ3v) is 3.48. The van der Waals surface area contributed by atoms with Crippen molar-refractivity contribution < 1.29 is 0 Å². The lowest BCUT2D eigenvalue weighted by molar-refractivity contribution is 0.824. The summed E-state index contributed by atoms with van der Waals surface area (Å²) in [4.78, 5) is 34.1. The van der Waals surface area contributed by atoms with Gasteiger partial charge < -0.3 is 0 Å². The molecule has 0 amide bonds. The topological polar surface area (TPSA) is 80.6 Å². The van der Waals surface area contributed by atoms with Crippen LogP contribution in [0.15, 0.2) is 33.9 Å². The van der Waals surface area contributed by atoms with E-state index in [2.05, 4.69) is 15.0 Å². The van der Waals surface area contributed by atoms with Crippen LogP contribution >= 0.6 is 11.6 Å². The van der Waals surface area contributed by atoms with E-state index in [9.17, 15) is 9.59 Å². The summed E-state index contributed by atoms with van der Waals surface area (Å²) in [6.07, 6.45) is 0. The maximum Gasteiger partial charge on any atom is 0.329 e. The second-order valence-electron chi connectivity index (χ2n) is 4.72. The lowest BCUT2D eigenvalue weighted by Gasteiger charge is -2.07. The summed E-state index contributed by atoms with van der Waals surface area (Å²) in [7, 11) is 1.50. The van der Waals surface area contributed by atoms with Crippen molar-refractivity contribution in [2.24, 2.45) is 7.05 Å². The molecule has 0 saturated heterocycles. The van der Waals surface area contributed by atoms with Crippen LogP contribution in [0.25, 0.3) is 22.4 Å². The summed E-state index contributed by atoms with van der Waals surface area (Å²) in [6.45, 7) is 1.97. The van der Waals surface area contributed by atoms with Crippen LogP contribution in [0.2, 0.25) is 5.15 Å². The van der Waals surface area contributed by atoms with Crippen molar-refractivity contribution in [2.45, 2.75) is 6.92 Å². The zero-order valence-electron chi connectivity index (χ0n) is 11.3. The summed E-state index contributed by atoms with van der Waals surface area (Å²) < 4.78 is 1.20. The summed E-state index contributed by atoms with van der Waals surface area (Å²) >= 11 is 6.15. The molecule has 0 fully saturated rings. The van der Waals surface area contributed by atoms with Crippen LogP contribution in [-0.4, -0.2) is 19.5 Å². The third kappa shape index (κ3) is 2.23. The maximum atomic E-state index is 11.9. The predicted molar refractivity (Wildman–Crippen MR) is 80.6 cm³/mol. The van der Waals surface area contributed by atoms with Gasteiger partial charge in [-0.05, 0) is 6.92 Å². The minimum absolute atomic E-state index is 0.0806. The minimum atomic E-state index is -0.578. The molecule has 6 nitrogen and oxygen atoms in total. The zero-order valence-corrected chi connectivity index (χ0v) is 12.1. The van der Waals surface area contributed by atoms with Gasteiger partial charge >= 0.3 is 5.69 Å². The van der Waals surface area contributed by atoms with Gasteiger partial charge in [0.2, 0.25) is 0 Å². The molecular weight excluding hydrogens is 292 g/mol. The summed E-state index contributed by atoms with van der Waals surface area (Å²) in [6, 6.07) is 7.55. The first-order valence-electron chi connectivity index (χ1n) is 6.21. The molecule has 0 spiro atoms. The fourth-order valence-electron chi connectivity index (χ4n) is 2.02. The van der Waals surface area contributed by atoms with Crippen LogP contribution in [0.1, 0.15) is 5.56 Å². The Bertz CT molecular complexity index is 958. The standard InChI is InChI=1S/C14H11ClN4O2/c1-7-3-5-8(6-4-7)9-11(15)17-12-10(16-9)13(20)18-14(21)19(12)2/h3-6H,1-2H3,(H,18,20,21). The highest BCUT2D eigenvalue weighted by atomic mass is 35.5. The van der Waals surface area contributed by atoms with E-state index in [1.807, 2.05) is 31.2 Å². The van der Waals surface area contributed by atoms with Crippen molar-refractivity contribution in [3.05, 3.63) is 55.8 Å². The number of aryl methyl sites for hydroxylation is 2. The minimum Gasteiger partial charge on any atom is -0.279 e. The molecular formula is C14H11ClN4O2. The Hall–Kier alpha value is -2.47. The van der Waals surface area contributed by atoms with Crippen LogP contribution in [0, 0.1) is 6.92 Å². The Kier molecular flexibility index (Phi) is 3.10. The third-order valence-electron chi connectivity index (χ3n) is 3.22. The SMILES string of the molecule is Cc1ccc(-c2nc3c(=O)[nH]c(=O)n(C)c3nc2Cl)cc1. The van der Waals surface area contributed by atoms with E-state index in [0.717, 1.165) is 11.1 Å². The molecule has 2 aromatic heterocycles. The van der Waals surface area contributed by atoms with Gasteiger partial charge in [0.15, 0.2) is 16.3 Å². The number of aromatic amines is 1. The van der Waals surface area contributed by atoms with Gasteiger partial charge in [0.1, 0.15) is 5.69 Å². The average Bonchev–Trinajstić information content (AvgIpc) is 2.45. The number of hydrogen-bond donors (Lipinski definition) is 1. The number of fused-ring (bicyclic) bond motifs is 1.